The Bertz CT molecular complexity index is 1260. The van der Waals surface area contributed by atoms with Crippen LogP contribution in [0.25, 0.3) is 22.8 Å². The van der Waals surface area contributed by atoms with Gasteiger partial charge in [0.05, 0.1) is 17.7 Å². The number of nitriles is 1. The van der Waals surface area contributed by atoms with Crippen LogP contribution in [-0.2, 0) is 9.53 Å². The Kier molecular flexibility index (Phi) is 5.35. The average Bonchev–Trinajstić information content (AvgIpc) is 3.31. The fraction of sp³-hybridized carbons (Fsp3) is 0.360. The minimum Gasteiger partial charge on any atom is -0.490 e. The molecule has 1 aromatic heterocycles. The molecule has 0 spiro atoms. The second-order valence-corrected chi connectivity index (χ2v) is 8.71. The van der Waals surface area contributed by atoms with Crippen molar-refractivity contribution in [3.63, 3.8) is 0 Å². The Morgan fingerprint density at radius 2 is 2.18 bits per heavy atom. The van der Waals surface area contributed by atoms with Crippen LogP contribution in [-0.4, -0.2) is 35.9 Å². The Morgan fingerprint density at radius 1 is 1.33 bits per heavy atom. The van der Waals surface area contributed by atoms with Gasteiger partial charge in [0.15, 0.2) is 0 Å². The lowest BCUT2D eigenvalue weighted by Gasteiger charge is -2.17. The molecule has 0 saturated heterocycles. The van der Waals surface area contributed by atoms with Gasteiger partial charge in [-0.2, -0.15) is 10.2 Å². The number of amides is 1. The van der Waals surface area contributed by atoms with E-state index in [1.54, 1.807) is 12.1 Å². The van der Waals surface area contributed by atoms with Crippen molar-refractivity contribution in [3.05, 3.63) is 53.1 Å². The largest absolute Gasteiger partial charge is 0.490 e. The van der Waals surface area contributed by atoms with Crippen molar-refractivity contribution in [2.24, 2.45) is 5.92 Å². The number of fused-ring (bicyclic) bond motifs is 3. The molecule has 2 aliphatic rings. The molecule has 1 N–H and O–H groups in total. The number of carbonyl (C=O) groups is 1. The highest BCUT2D eigenvalue weighted by molar-refractivity contribution is 5.79. The predicted octanol–water partition coefficient (Wildman–Crippen LogP) is 3.98. The summed E-state index contributed by atoms with van der Waals surface area (Å²) in [6, 6.07) is 13.4. The summed E-state index contributed by atoms with van der Waals surface area (Å²) in [6.45, 7) is 3.87. The molecule has 1 saturated carbocycles. The molecule has 8 nitrogen and oxygen atoms in total. The van der Waals surface area contributed by atoms with Crippen LogP contribution in [0.3, 0.4) is 0 Å². The van der Waals surface area contributed by atoms with E-state index in [9.17, 15) is 10.1 Å². The second kappa shape index (κ2) is 8.34. The Balaban J connectivity index is 1.45. The maximum Gasteiger partial charge on any atom is 0.258 e. The van der Waals surface area contributed by atoms with E-state index in [2.05, 4.69) is 27.6 Å². The molecule has 8 heteroatoms. The minimum atomic E-state index is -0.119. The van der Waals surface area contributed by atoms with E-state index in [1.807, 2.05) is 32.0 Å². The van der Waals surface area contributed by atoms with E-state index in [0.717, 1.165) is 17.5 Å². The minimum absolute atomic E-state index is 0.0225. The van der Waals surface area contributed by atoms with Crippen LogP contribution in [0.2, 0.25) is 0 Å². The molecule has 3 unspecified atom stereocenters. The zero-order valence-corrected chi connectivity index (χ0v) is 18.7. The van der Waals surface area contributed by atoms with Crippen molar-refractivity contribution in [1.82, 2.24) is 15.5 Å². The van der Waals surface area contributed by atoms with Crippen LogP contribution in [0.1, 0.15) is 48.9 Å². The van der Waals surface area contributed by atoms with E-state index in [0.29, 0.717) is 40.4 Å². The number of nitrogens with one attached hydrogen (secondary N) is 1. The molecular weight excluding hydrogens is 420 g/mol. The molecule has 2 aliphatic carbocycles. The van der Waals surface area contributed by atoms with Crippen LogP contribution in [0.4, 0.5) is 0 Å². The lowest BCUT2D eigenvalue weighted by atomic mass is 9.97. The molecule has 0 aliphatic heterocycles. The van der Waals surface area contributed by atoms with Gasteiger partial charge in [0.2, 0.25) is 11.7 Å². The summed E-state index contributed by atoms with van der Waals surface area (Å²) >= 11 is 0. The van der Waals surface area contributed by atoms with Gasteiger partial charge in [-0.3, -0.25) is 4.79 Å². The van der Waals surface area contributed by atoms with Crippen molar-refractivity contribution >= 4 is 5.91 Å². The quantitative estimate of drug-likeness (QED) is 0.587. The van der Waals surface area contributed by atoms with Crippen LogP contribution in [0.5, 0.6) is 5.75 Å². The van der Waals surface area contributed by atoms with E-state index in [-0.39, 0.29) is 24.7 Å². The zero-order valence-electron chi connectivity index (χ0n) is 18.7. The highest BCUT2D eigenvalue weighted by Gasteiger charge is 2.53. The van der Waals surface area contributed by atoms with Gasteiger partial charge in [0.25, 0.3) is 5.89 Å². The standard InChI is InChI=1S/C25H24N4O4/c1-13(2)32-20-8-7-14(9-15(20)11-26)25-28-24(29-33-25)17-6-4-5-16-22(17)18-10-19(18)23(16)27-21(30)12-31-3/h4-9,13,18-19,23H,10,12H2,1-3H3,(H,27,30). The number of benzene rings is 2. The smallest absolute Gasteiger partial charge is 0.258 e. The van der Waals surface area contributed by atoms with Crippen molar-refractivity contribution in [1.29, 1.82) is 5.26 Å². The molecule has 1 amide bonds. The number of rotatable bonds is 7. The Morgan fingerprint density at radius 3 is 2.94 bits per heavy atom. The Hall–Kier alpha value is -3.70. The fourth-order valence-corrected chi connectivity index (χ4v) is 4.70. The maximum absolute atomic E-state index is 12.1. The first kappa shape index (κ1) is 21.2. The van der Waals surface area contributed by atoms with Gasteiger partial charge in [-0.25, -0.2) is 0 Å². The van der Waals surface area contributed by atoms with Gasteiger partial charge in [-0.15, -0.1) is 0 Å². The van der Waals surface area contributed by atoms with Gasteiger partial charge in [0.1, 0.15) is 18.4 Å². The number of ether oxygens (including phenoxy) is 2. The van der Waals surface area contributed by atoms with Crippen LogP contribution >= 0.6 is 0 Å². The lowest BCUT2D eigenvalue weighted by Crippen LogP contribution is -2.31. The van der Waals surface area contributed by atoms with Crippen molar-refractivity contribution in [3.8, 4) is 34.7 Å². The number of carbonyl (C=O) groups excluding carboxylic acids is 1. The van der Waals surface area contributed by atoms with Gasteiger partial charge in [-0.1, -0.05) is 23.4 Å². The third-order valence-electron chi connectivity index (χ3n) is 6.08. The van der Waals surface area contributed by atoms with Gasteiger partial charge in [0, 0.05) is 18.2 Å². The second-order valence-electron chi connectivity index (χ2n) is 8.71. The molecule has 168 valence electrons. The molecule has 2 aromatic carbocycles. The molecule has 0 bridgehead atoms. The summed E-state index contributed by atoms with van der Waals surface area (Å²) in [5.41, 5.74) is 4.27. The predicted molar refractivity (Wildman–Crippen MR) is 119 cm³/mol. The highest BCUT2D eigenvalue weighted by Crippen LogP contribution is 2.63. The number of nitrogens with zero attached hydrogens (tertiary/aromatic N) is 3. The number of hydrogen-bond donors (Lipinski definition) is 1. The molecular formula is C25H24N4O4. The average molecular weight is 444 g/mol. The number of hydrogen-bond acceptors (Lipinski definition) is 7. The molecule has 3 atom stereocenters. The number of aromatic nitrogens is 2. The first-order chi connectivity index (χ1) is 16.0. The zero-order chi connectivity index (χ0) is 23.1. The van der Waals surface area contributed by atoms with E-state index in [4.69, 9.17) is 14.0 Å². The van der Waals surface area contributed by atoms with Crippen LogP contribution < -0.4 is 10.1 Å². The molecule has 33 heavy (non-hydrogen) atoms. The summed E-state index contributed by atoms with van der Waals surface area (Å²) in [5, 5.41) is 16.8. The van der Waals surface area contributed by atoms with E-state index in [1.165, 1.54) is 12.7 Å². The van der Waals surface area contributed by atoms with Gasteiger partial charge in [-0.05, 0) is 61.4 Å². The van der Waals surface area contributed by atoms with Crippen molar-refractivity contribution in [2.75, 3.05) is 13.7 Å². The van der Waals surface area contributed by atoms with Crippen LogP contribution in [0.15, 0.2) is 40.9 Å². The monoisotopic (exact) mass is 444 g/mol. The molecule has 1 fully saturated rings. The summed E-state index contributed by atoms with van der Waals surface area (Å²) < 4.78 is 16.2. The maximum atomic E-state index is 12.1. The topological polar surface area (TPSA) is 110 Å². The third-order valence-corrected chi connectivity index (χ3v) is 6.08. The lowest BCUT2D eigenvalue weighted by molar-refractivity contribution is -0.125. The van der Waals surface area contributed by atoms with Crippen molar-refractivity contribution < 1.29 is 18.8 Å². The third kappa shape index (κ3) is 3.85. The molecule has 0 radical (unpaired) electrons. The SMILES string of the molecule is COCC(=O)NC1c2cccc(-c3noc(-c4ccc(OC(C)C)c(C#N)c4)n3)c2C2CC21. The molecule has 5 rings (SSSR count). The summed E-state index contributed by atoms with van der Waals surface area (Å²) in [5.74, 6) is 2.01. The van der Waals surface area contributed by atoms with Crippen LogP contribution in [0, 0.1) is 17.2 Å². The Labute approximate surface area is 191 Å². The molecule has 1 heterocycles. The van der Waals surface area contributed by atoms with Crippen molar-refractivity contribution in [2.45, 2.75) is 38.3 Å². The first-order valence-electron chi connectivity index (χ1n) is 11.0. The van der Waals surface area contributed by atoms with E-state index >= 15 is 0 Å². The first-order valence-corrected chi connectivity index (χ1v) is 11.0. The van der Waals surface area contributed by atoms with Gasteiger partial charge < -0.3 is 19.3 Å². The van der Waals surface area contributed by atoms with E-state index < -0.39 is 0 Å². The van der Waals surface area contributed by atoms with Gasteiger partial charge >= 0.3 is 0 Å². The summed E-state index contributed by atoms with van der Waals surface area (Å²) in [6.07, 6.45) is 0.989. The molecule has 3 aromatic rings. The normalized spacial score (nSPS) is 20.2. The fourth-order valence-electron chi connectivity index (χ4n) is 4.70. The summed E-state index contributed by atoms with van der Waals surface area (Å²) in [7, 11) is 1.51. The number of methoxy groups -OCH3 is 1. The summed E-state index contributed by atoms with van der Waals surface area (Å²) in [4.78, 5) is 16.7. The highest BCUT2D eigenvalue weighted by atomic mass is 16.5.